The Morgan fingerprint density at radius 2 is 2.22 bits per heavy atom. The Morgan fingerprint density at radius 3 is 2.78 bits per heavy atom. The van der Waals surface area contributed by atoms with Crippen LogP contribution in [0.15, 0.2) is 12.1 Å². The zero-order valence-electron chi connectivity index (χ0n) is 10.9. The SMILES string of the molecule is CCCC1(CNC(=O)c2cc(C)nc(Cl)c2)CC1. The highest BCUT2D eigenvalue weighted by atomic mass is 35.5. The largest absolute Gasteiger partial charge is 0.351 e. The lowest BCUT2D eigenvalue weighted by Gasteiger charge is -2.15. The van der Waals surface area contributed by atoms with E-state index in [1.165, 1.54) is 25.7 Å². The van der Waals surface area contributed by atoms with Crippen molar-refractivity contribution in [3.8, 4) is 0 Å². The van der Waals surface area contributed by atoms with Crippen molar-refractivity contribution >= 4 is 17.5 Å². The van der Waals surface area contributed by atoms with Gasteiger partial charge in [-0.1, -0.05) is 24.9 Å². The number of hydrogen-bond acceptors (Lipinski definition) is 2. The Bertz CT molecular complexity index is 435. The average Bonchev–Trinajstić information content (AvgIpc) is 3.06. The van der Waals surface area contributed by atoms with Crippen molar-refractivity contribution in [1.29, 1.82) is 0 Å². The van der Waals surface area contributed by atoms with Crippen LogP contribution in [-0.2, 0) is 0 Å². The van der Waals surface area contributed by atoms with E-state index in [0.717, 1.165) is 12.2 Å². The van der Waals surface area contributed by atoms with Crippen LogP contribution in [0, 0.1) is 12.3 Å². The van der Waals surface area contributed by atoms with Crippen molar-refractivity contribution in [1.82, 2.24) is 10.3 Å². The zero-order chi connectivity index (χ0) is 13.2. The van der Waals surface area contributed by atoms with Gasteiger partial charge in [0.15, 0.2) is 0 Å². The molecule has 2 rings (SSSR count). The quantitative estimate of drug-likeness (QED) is 0.831. The average molecular weight is 267 g/mol. The van der Waals surface area contributed by atoms with Gasteiger partial charge < -0.3 is 5.32 Å². The summed E-state index contributed by atoms with van der Waals surface area (Å²) in [6, 6.07) is 3.38. The van der Waals surface area contributed by atoms with Gasteiger partial charge in [0, 0.05) is 17.8 Å². The third-order valence-electron chi connectivity index (χ3n) is 3.55. The first-order valence-electron chi connectivity index (χ1n) is 6.47. The number of amides is 1. The van der Waals surface area contributed by atoms with Crippen LogP contribution in [0.1, 0.15) is 48.7 Å². The highest BCUT2D eigenvalue weighted by Crippen LogP contribution is 2.48. The third kappa shape index (κ3) is 3.22. The van der Waals surface area contributed by atoms with Gasteiger partial charge in [0.25, 0.3) is 5.91 Å². The van der Waals surface area contributed by atoms with E-state index >= 15 is 0 Å². The van der Waals surface area contributed by atoms with Crippen molar-refractivity contribution in [2.24, 2.45) is 5.41 Å². The maximum atomic E-state index is 12.0. The van der Waals surface area contributed by atoms with Crippen LogP contribution in [-0.4, -0.2) is 17.4 Å². The molecule has 1 aromatic heterocycles. The van der Waals surface area contributed by atoms with Gasteiger partial charge in [-0.2, -0.15) is 0 Å². The normalized spacial score (nSPS) is 16.4. The summed E-state index contributed by atoms with van der Waals surface area (Å²) in [5, 5.41) is 3.39. The molecule has 18 heavy (non-hydrogen) atoms. The number of pyridine rings is 1. The van der Waals surface area contributed by atoms with Gasteiger partial charge in [0.2, 0.25) is 0 Å². The molecule has 98 valence electrons. The summed E-state index contributed by atoms with van der Waals surface area (Å²) < 4.78 is 0. The van der Waals surface area contributed by atoms with Crippen LogP contribution in [0.25, 0.3) is 0 Å². The fraction of sp³-hybridized carbons (Fsp3) is 0.571. The smallest absolute Gasteiger partial charge is 0.251 e. The fourth-order valence-electron chi connectivity index (χ4n) is 2.35. The fourth-order valence-corrected chi connectivity index (χ4v) is 2.60. The van der Waals surface area contributed by atoms with Gasteiger partial charge >= 0.3 is 0 Å². The molecule has 1 aliphatic rings. The van der Waals surface area contributed by atoms with Crippen molar-refractivity contribution in [3.63, 3.8) is 0 Å². The predicted molar refractivity (Wildman–Crippen MR) is 72.9 cm³/mol. The molecular weight excluding hydrogens is 248 g/mol. The molecule has 1 aromatic rings. The van der Waals surface area contributed by atoms with Gasteiger partial charge in [0.05, 0.1) is 0 Å². The van der Waals surface area contributed by atoms with E-state index in [4.69, 9.17) is 11.6 Å². The number of carbonyl (C=O) groups excluding carboxylic acids is 1. The summed E-state index contributed by atoms with van der Waals surface area (Å²) in [5.41, 5.74) is 1.73. The van der Waals surface area contributed by atoms with Crippen molar-refractivity contribution in [2.75, 3.05) is 6.54 Å². The molecule has 1 fully saturated rings. The lowest BCUT2D eigenvalue weighted by atomic mass is 10.0. The predicted octanol–water partition coefficient (Wildman–Crippen LogP) is 3.35. The van der Waals surface area contributed by atoms with E-state index < -0.39 is 0 Å². The van der Waals surface area contributed by atoms with Gasteiger partial charge in [-0.15, -0.1) is 0 Å². The van der Waals surface area contributed by atoms with Crippen molar-refractivity contribution < 1.29 is 4.79 Å². The van der Waals surface area contributed by atoms with Crippen LogP contribution in [0.3, 0.4) is 0 Å². The van der Waals surface area contributed by atoms with Crippen molar-refractivity contribution in [2.45, 2.75) is 39.5 Å². The summed E-state index contributed by atoms with van der Waals surface area (Å²) in [6.07, 6.45) is 4.84. The van der Waals surface area contributed by atoms with E-state index in [1.54, 1.807) is 12.1 Å². The molecule has 0 unspecified atom stereocenters. The molecule has 1 saturated carbocycles. The first kappa shape index (κ1) is 13.3. The number of rotatable bonds is 5. The monoisotopic (exact) mass is 266 g/mol. The van der Waals surface area contributed by atoms with Crippen LogP contribution in [0.4, 0.5) is 0 Å². The van der Waals surface area contributed by atoms with Gasteiger partial charge in [-0.05, 0) is 43.7 Å². The summed E-state index contributed by atoms with van der Waals surface area (Å²) in [4.78, 5) is 16.1. The second kappa shape index (κ2) is 5.27. The minimum absolute atomic E-state index is 0.0511. The maximum Gasteiger partial charge on any atom is 0.251 e. The molecule has 1 amide bonds. The Balaban J connectivity index is 1.95. The molecule has 4 heteroatoms. The van der Waals surface area contributed by atoms with Gasteiger partial charge in [-0.25, -0.2) is 4.98 Å². The number of halogens is 1. The lowest BCUT2D eigenvalue weighted by Crippen LogP contribution is -2.30. The molecule has 0 aliphatic heterocycles. The van der Waals surface area contributed by atoms with E-state index in [0.29, 0.717) is 16.1 Å². The van der Waals surface area contributed by atoms with E-state index in [-0.39, 0.29) is 5.91 Å². The van der Waals surface area contributed by atoms with Crippen LogP contribution < -0.4 is 5.32 Å². The molecule has 0 spiro atoms. The minimum Gasteiger partial charge on any atom is -0.351 e. The van der Waals surface area contributed by atoms with Crippen LogP contribution in [0.2, 0.25) is 5.15 Å². The second-order valence-electron chi connectivity index (χ2n) is 5.25. The second-order valence-corrected chi connectivity index (χ2v) is 5.64. The zero-order valence-corrected chi connectivity index (χ0v) is 11.7. The third-order valence-corrected chi connectivity index (χ3v) is 3.74. The molecule has 1 N–H and O–H groups in total. The highest BCUT2D eigenvalue weighted by Gasteiger charge is 2.41. The highest BCUT2D eigenvalue weighted by molar-refractivity contribution is 6.29. The maximum absolute atomic E-state index is 12.0. The number of nitrogens with one attached hydrogen (secondary N) is 1. The summed E-state index contributed by atoms with van der Waals surface area (Å²) in [7, 11) is 0. The summed E-state index contributed by atoms with van der Waals surface area (Å²) in [5.74, 6) is -0.0511. The number of nitrogens with zero attached hydrogens (tertiary/aromatic N) is 1. The molecule has 1 aliphatic carbocycles. The van der Waals surface area contributed by atoms with Gasteiger partial charge in [-0.3, -0.25) is 4.79 Å². The molecular formula is C14H19ClN2O. The minimum atomic E-state index is -0.0511. The lowest BCUT2D eigenvalue weighted by molar-refractivity contribution is 0.0943. The first-order valence-corrected chi connectivity index (χ1v) is 6.85. The number of carbonyl (C=O) groups is 1. The van der Waals surface area contributed by atoms with Gasteiger partial charge in [0.1, 0.15) is 5.15 Å². The number of hydrogen-bond donors (Lipinski definition) is 1. The Labute approximate surface area is 113 Å². The Morgan fingerprint density at radius 1 is 1.50 bits per heavy atom. The molecule has 0 atom stereocenters. The van der Waals surface area contributed by atoms with E-state index in [9.17, 15) is 4.79 Å². The number of aromatic nitrogens is 1. The number of aryl methyl sites for hydroxylation is 1. The van der Waals surface area contributed by atoms with Crippen LogP contribution >= 0.6 is 11.6 Å². The molecule has 0 saturated heterocycles. The summed E-state index contributed by atoms with van der Waals surface area (Å²) in [6.45, 7) is 4.80. The Hall–Kier alpha value is -1.09. The Kier molecular flexibility index (Phi) is 3.91. The van der Waals surface area contributed by atoms with E-state index in [1.807, 2.05) is 6.92 Å². The first-order chi connectivity index (χ1) is 8.54. The molecule has 0 radical (unpaired) electrons. The topological polar surface area (TPSA) is 42.0 Å². The molecule has 3 nitrogen and oxygen atoms in total. The molecule has 1 heterocycles. The van der Waals surface area contributed by atoms with Crippen molar-refractivity contribution in [3.05, 3.63) is 28.5 Å². The molecule has 0 bridgehead atoms. The van der Waals surface area contributed by atoms with Crippen LogP contribution in [0.5, 0.6) is 0 Å². The summed E-state index contributed by atoms with van der Waals surface area (Å²) >= 11 is 5.86. The standard InChI is InChI=1S/C14H19ClN2O/c1-3-4-14(5-6-14)9-16-13(18)11-7-10(2)17-12(15)8-11/h7-8H,3-6,9H2,1-2H3,(H,16,18). The van der Waals surface area contributed by atoms with E-state index in [2.05, 4.69) is 17.2 Å². The molecule has 0 aromatic carbocycles.